The third-order valence-electron chi connectivity index (χ3n) is 4.81. The number of hydrogen-bond acceptors (Lipinski definition) is 4. The number of halogens is 3. The van der Waals surface area contributed by atoms with Gasteiger partial charge in [0, 0.05) is 5.56 Å². The highest BCUT2D eigenvalue weighted by atomic mass is 19.4. The third-order valence-corrected chi connectivity index (χ3v) is 4.81. The molecule has 0 spiro atoms. The fourth-order valence-electron chi connectivity index (χ4n) is 3.15. The number of hydrazone groups is 1. The Morgan fingerprint density at radius 3 is 2.32 bits per heavy atom. The molecule has 0 aliphatic heterocycles. The maximum atomic E-state index is 12.9. The molecule has 1 aromatic heterocycles. The zero-order chi connectivity index (χ0) is 24.0. The van der Waals surface area contributed by atoms with E-state index in [0.29, 0.717) is 5.75 Å². The lowest BCUT2D eigenvalue weighted by Crippen LogP contribution is -2.24. The van der Waals surface area contributed by atoms with Crippen LogP contribution in [0.15, 0.2) is 101 Å². The van der Waals surface area contributed by atoms with Crippen LogP contribution in [0.1, 0.15) is 11.3 Å². The summed E-state index contributed by atoms with van der Waals surface area (Å²) in [5, 5.41) is 3.79. The number of carbonyl (C=O) groups excluding carboxylic acids is 1. The van der Waals surface area contributed by atoms with E-state index in [1.165, 1.54) is 30.5 Å². The van der Waals surface area contributed by atoms with Gasteiger partial charge >= 0.3 is 6.18 Å². The maximum Gasteiger partial charge on any atom is 0.416 e. The summed E-state index contributed by atoms with van der Waals surface area (Å²) in [6.07, 6.45) is -3.19. The molecule has 4 rings (SSSR count). The predicted molar refractivity (Wildman–Crippen MR) is 122 cm³/mol. The van der Waals surface area contributed by atoms with Crippen LogP contribution in [0, 0.1) is 0 Å². The topological polar surface area (TPSA) is 63.8 Å². The van der Waals surface area contributed by atoms with Gasteiger partial charge in [-0.05, 0) is 47.5 Å². The van der Waals surface area contributed by atoms with Crippen molar-refractivity contribution in [1.82, 2.24) is 5.43 Å². The SMILES string of the molecule is O=C(COc1ccc(-c2ccccc2)cc1)N/N=C\c1ccc(-c2cccc(C(F)(F)F)c2)o1. The highest BCUT2D eigenvalue weighted by Gasteiger charge is 2.30. The Bertz CT molecular complexity index is 1280. The van der Waals surface area contributed by atoms with Crippen molar-refractivity contribution < 1.29 is 27.1 Å². The number of alkyl halides is 3. The first-order valence-corrected chi connectivity index (χ1v) is 10.3. The van der Waals surface area contributed by atoms with Crippen LogP contribution in [-0.2, 0) is 11.0 Å². The highest BCUT2D eigenvalue weighted by molar-refractivity contribution is 5.81. The van der Waals surface area contributed by atoms with E-state index in [2.05, 4.69) is 10.5 Å². The molecule has 0 bridgehead atoms. The van der Waals surface area contributed by atoms with Crippen LogP contribution in [0.5, 0.6) is 5.75 Å². The van der Waals surface area contributed by atoms with Crippen LogP contribution in [0.25, 0.3) is 22.5 Å². The van der Waals surface area contributed by atoms with Crippen molar-refractivity contribution in [1.29, 1.82) is 0 Å². The molecule has 0 radical (unpaired) electrons. The zero-order valence-electron chi connectivity index (χ0n) is 17.8. The van der Waals surface area contributed by atoms with Crippen molar-refractivity contribution in [2.24, 2.45) is 5.10 Å². The quantitative estimate of drug-likeness (QED) is 0.263. The van der Waals surface area contributed by atoms with Crippen LogP contribution in [-0.4, -0.2) is 18.7 Å². The van der Waals surface area contributed by atoms with Gasteiger partial charge in [0.1, 0.15) is 17.3 Å². The van der Waals surface area contributed by atoms with Crippen LogP contribution in [0.4, 0.5) is 13.2 Å². The third kappa shape index (κ3) is 5.92. The van der Waals surface area contributed by atoms with E-state index in [0.717, 1.165) is 23.3 Å². The minimum Gasteiger partial charge on any atom is -0.484 e. The standard InChI is InChI=1S/C26H19F3N2O3/c27-26(28,29)21-8-4-7-20(15-21)24-14-13-23(34-24)16-30-31-25(32)17-33-22-11-9-19(10-12-22)18-5-2-1-3-6-18/h1-16H,17H2,(H,31,32)/b30-16-. The normalized spacial score (nSPS) is 11.5. The molecule has 4 aromatic rings. The average Bonchev–Trinajstić information content (AvgIpc) is 3.32. The molecule has 8 heteroatoms. The molecule has 34 heavy (non-hydrogen) atoms. The summed E-state index contributed by atoms with van der Waals surface area (Å²) in [6.45, 7) is -0.240. The molecule has 3 aromatic carbocycles. The summed E-state index contributed by atoms with van der Waals surface area (Å²) >= 11 is 0. The number of ether oxygens (including phenoxy) is 1. The first-order valence-electron chi connectivity index (χ1n) is 10.3. The summed E-state index contributed by atoms with van der Waals surface area (Å²) < 4.78 is 49.6. The lowest BCUT2D eigenvalue weighted by Gasteiger charge is -2.07. The van der Waals surface area contributed by atoms with Crippen molar-refractivity contribution >= 4 is 12.1 Å². The summed E-state index contributed by atoms with van der Waals surface area (Å²) in [7, 11) is 0. The fraction of sp³-hybridized carbons (Fsp3) is 0.0769. The Balaban J connectivity index is 1.28. The van der Waals surface area contributed by atoms with Gasteiger partial charge in [-0.25, -0.2) is 5.43 Å². The van der Waals surface area contributed by atoms with E-state index >= 15 is 0 Å². The number of amides is 1. The Morgan fingerprint density at radius 1 is 0.882 bits per heavy atom. The van der Waals surface area contributed by atoms with E-state index in [1.54, 1.807) is 12.1 Å². The number of nitrogens with zero attached hydrogens (tertiary/aromatic N) is 1. The number of furan rings is 1. The van der Waals surface area contributed by atoms with Gasteiger partial charge in [-0.3, -0.25) is 4.79 Å². The van der Waals surface area contributed by atoms with Crippen LogP contribution >= 0.6 is 0 Å². The number of benzene rings is 3. The van der Waals surface area contributed by atoms with Gasteiger partial charge in [-0.1, -0.05) is 54.6 Å². The molecule has 172 valence electrons. The van der Waals surface area contributed by atoms with E-state index in [4.69, 9.17) is 9.15 Å². The van der Waals surface area contributed by atoms with Gasteiger partial charge < -0.3 is 9.15 Å². The molecule has 0 saturated heterocycles. The summed E-state index contributed by atoms with van der Waals surface area (Å²) in [5.41, 5.74) is 3.94. The van der Waals surface area contributed by atoms with Crippen molar-refractivity contribution in [2.75, 3.05) is 6.61 Å². The summed E-state index contributed by atoms with van der Waals surface area (Å²) in [5.74, 6) is 0.579. The first-order chi connectivity index (χ1) is 16.4. The second kappa shape index (κ2) is 10.1. The molecule has 0 fully saturated rings. The maximum absolute atomic E-state index is 12.9. The number of nitrogens with one attached hydrogen (secondary N) is 1. The molecule has 0 aliphatic rings. The second-order valence-corrected chi connectivity index (χ2v) is 7.25. The Kier molecular flexibility index (Phi) is 6.77. The van der Waals surface area contributed by atoms with Crippen LogP contribution in [0.3, 0.4) is 0 Å². The first kappa shape index (κ1) is 22.8. The van der Waals surface area contributed by atoms with Gasteiger partial charge in [0.2, 0.25) is 0 Å². The molecule has 0 atom stereocenters. The lowest BCUT2D eigenvalue weighted by molar-refractivity contribution is -0.137. The molecule has 5 nitrogen and oxygen atoms in total. The van der Waals surface area contributed by atoms with Gasteiger partial charge in [0.25, 0.3) is 5.91 Å². The van der Waals surface area contributed by atoms with Crippen molar-refractivity contribution in [2.45, 2.75) is 6.18 Å². The molecular weight excluding hydrogens is 445 g/mol. The Labute approximate surface area is 193 Å². The zero-order valence-corrected chi connectivity index (χ0v) is 17.8. The second-order valence-electron chi connectivity index (χ2n) is 7.25. The number of hydrogen-bond donors (Lipinski definition) is 1. The van der Waals surface area contributed by atoms with E-state index in [9.17, 15) is 18.0 Å². The summed E-state index contributed by atoms with van der Waals surface area (Å²) in [4.78, 5) is 12.0. The molecule has 1 amide bonds. The monoisotopic (exact) mass is 464 g/mol. The minimum atomic E-state index is -4.44. The van der Waals surface area contributed by atoms with Crippen molar-refractivity contribution in [3.8, 4) is 28.2 Å². The van der Waals surface area contributed by atoms with Crippen molar-refractivity contribution in [3.05, 3.63) is 102 Å². The molecular formula is C26H19F3N2O3. The Morgan fingerprint density at radius 2 is 1.59 bits per heavy atom. The van der Waals surface area contributed by atoms with Gasteiger partial charge in [0.15, 0.2) is 6.61 Å². The molecule has 0 aliphatic carbocycles. The Hall–Kier alpha value is -4.33. The van der Waals surface area contributed by atoms with Crippen molar-refractivity contribution in [3.63, 3.8) is 0 Å². The highest BCUT2D eigenvalue weighted by Crippen LogP contribution is 2.32. The number of rotatable bonds is 7. The largest absolute Gasteiger partial charge is 0.484 e. The smallest absolute Gasteiger partial charge is 0.416 e. The molecule has 1 N–H and O–H groups in total. The summed E-state index contributed by atoms with van der Waals surface area (Å²) in [6, 6.07) is 25.1. The van der Waals surface area contributed by atoms with Gasteiger partial charge in [-0.15, -0.1) is 0 Å². The molecule has 1 heterocycles. The van der Waals surface area contributed by atoms with Crippen LogP contribution < -0.4 is 10.2 Å². The molecule has 0 unspecified atom stereocenters. The van der Waals surface area contributed by atoms with E-state index in [1.807, 2.05) is 42.5 Å². The minimum absolute atomic E-state index is 0.240. The average molecular weight is 464 g/mol. The van der Waals surface area contributed by atoms with Crippen LogP contribution in [0.2, 0.25) is 0 Å². The van der Waals surface area contributed by atoms with E-state index < -0.39 is 17.6 Å². The predicted octanol–water partition coefficient (Wildman–Crippen LogP) is 6.16. The van der Waals surface area contributed by atoms with Gasteiger partial charge in [-0.2, -0.15) is 18.3 Å². The number of carbonyl (C=O) groups is 1. The fourth-order valence-corrected chi connectivity index (χ4v) is 3.15. The molecule has 0 saturated carbocycles. The van der Waals surface area contributed by atoms with E-state index in [-0.39, 0.29) is 23.7 Å². The van der Waals surface area contributed by atoms with Gasteiger partial charge in [0.05, 0.1) is 11.8 Å². The lowest BCUT2D eigenvalue weighted by atomic mass is 10.1.